The van der Waals surface area contributed by atoms with Gasteiger partial charge in [-0.2, -0.15) is 0 Å². The molecular weight excluding hydrogens is 367 g/mol. The molecule has 0 amide bonds. The number of rotatable bonds is 11. The third-order valence-electron chi connectivity index (χ3n) is 3.78. The summed E-state index contributed by atoms with van der Waals surface area (Å²) in [6, 6.07) is 7.83. The number of carbonyl (C=O) groups is 1. The molecule has 0 bridgehead atoms. The van der Waals surface area contributed by atoms with Crippen LogP contribution in [0.15, 0.2) is 30.3 Å². The summed E-state index contributed by atoms with van der Waals surface area (Å²) in [5, 5.41) is 0.763. The van der Waals surface area contributed by atoms with Crippen molar-refractivity contribution in [2.75, 3.05) is 7.11 Å². The minimum atomic E-state index is -1.40. The summed E-state index contributed by atoms with van der Waals surface area (Å²) in [6.07, 6.45) is 12.4. The molecular formula is C19H25Cl3O2. The van der Waals surface area contributed by atoms with Gasteiger partial charge in [-0.05, 0) is 43.4 Å². The van der Waals surface area contributed by atoms with Gasteiger partial charge in [-0.25, -0.2) is 4.79 Å². The summed E-state index contributed by atoms with van der Waals surface area (Å²) in [5.74, 6) is -0.571. The normalized spacial score (nSPS) is 11.8. The predicted molar refractivity (Wildman–Crippen MR) is 104 cm³/mol. The number of hydrogen-bond acceptors (Lipinski definition) is 2. The van der Waals surface area contributed by atoms with Gasteiger partial charge in [0, 0.05) is 5.02 Å². The van der Waals surface area contributed by atoms with Crippen molar-refractivity contribution in [1.82, 2.24) is 0 Å². The van der Waals surface area contributed by atoms with Gasteiger partial charge in [0.2, 0.25) is 4.33 Å². The molecule has 0 aromatic heterocycles. The summed E-state index contributed by atoms with van der Waals surface area (Å²) in [6.45, 7) is 0. The van der Waals surface area contributed by atoms with Crippen molar-refractivity contribution in [3.05, 3.63) is 40.9 Å². The number of methoxy groups -OCH3 is 1. The summed E-state index contributed by atoms with van der Waals surface area (Å²) in [5.41, 5.74) is 1.18. The van der Waals surface area contributed by atoms with Gasteiger partial charge in [-0.1, -0.05) is 84.8 Å². The standard InChI is InChI=1S/C19H25Cl3O2/c1-24-18(23)19(21,22)15-9-7-5-3-2-4-6-8-10-16-11-13-17(20)14-12-16/h8,10-14H,2-7,9,15H2,1H3. The van der Waals surface area contributed by atoms with E-state index in [2.05, 4.69) is 16.9 Å². The number of alkyl halides is 2. The van der Waals surface area contributed by atoms with E-state index in [1.807, 2.05) is 24.3 Å². The lowest BCUT2D eigenvalue weighted by atomic mass is 10.1. The molecule has 0 radical (unpaired) electrons. The molecule has 0 aliphatic heterocycles. The first-order valence-corrected chi connectivity index (χ1v) is 9.47. The quantitative estimate of drug-likeness (QED) is 0.235. The molecule has 0 fully saturated rings. The number of allylic oxidation sites excluding steroid dienone is 1. The highest BCUT2D eigenvalue weighted by Gasteiger charge is 2.33. The Morgan fingerprint density at radius 3 is 2.25 bits per heavy atom. The lowest BCUT2D eigenvalue weighted by molar-refractivity contribution is -0.141. The van der Waals surface area contributed by atoms with Crippen molar-refractivity contribution in [1.29, 1.82) is 0 Å². The molecule has 0 saturated carbocycles. The third kappa shape index (κ3) is 8.96. The van der Waals surface area contributed by atoms with Crippen LogP contribution in [0.25, 0.3) is 6.08 Å². The largest absolute Gasteiger partial charge is 0.467 e. The number of hydrogen-bond donors (Lipinski definition) is 0. The Morgan fingerprint density at radius 2 is 1.62 bits per heavy atom. The van der Waals surface area contributed by atoms with Crippen LogP contribution in [0, 0.1) is 0 Å². The number of benzene rings is 1. The fourth-order valence-electron chi connectivity index (χ4n) is 2.36. The third-order valence-corrected chi connectivity index (χ3v) is 4.71. The van der Waals surface area contributed by atoms with Crippen molar-refractivity contribution in [3.8, 4) is 0 Å². The van der Waals surface area contributed by atoms with Crippen LogP contribution in [-0.4, -0.2) is 17.4 Å². The Labute approximate surface area is 160 Å². The van der Waals surface area contributed by atoms with Gasteiger partial charge in [0.15, 0.2) is 0 Å². The van der Waals surface area contributed by atoms with Crippen molar-refractivity contribution >= 4 is 46.8 Å². The van der Waals surface area contributed by atoms with Crippen LogP contribution in [-0.2, 0) is 9.53 Å². The number of esters is 1. The van der Waals surface area contributed by atoms with E-state index in [9.17, 15) is 4.79 Å². The molecule has 24 heavy (non-hydrogen) atoms. The lowest BCUT2D eigenvalue weighted by Gasteiger charge is -2.15. The van der Waals surface area contributed by atoms with Gasteiger partial charge in [0.1, 0.15) is 0 Å². The van der Waals surface area contributed by atoms with E-state index < -0.39 is 10.3 Å². The molecule has 0 atom stereocenters. The van der Waals surface area contributed by atoms with Gasteiger partial charge >= 0.3 is 5.97 Å². The minimum Gasteiger partial charge on any atom is -0.467 e. The SMILES string of the molecule is COC(=O)C(Cl)(Cl)CCCCCCCCC=Cc1ccc(Cl)cc1. The first kappa shape index (κ1) is 21.3. The van der Waals surface area contributed by atoms with E-state index in [-0.39, 0.29) is 0 Å². The summed E-state index contributed by atoms with van der Waals surface area (Å²) in [4.78, 5) is 11.3. The topological polar surface area (TPSA) is 26.3 Å². The molecule has 0 N–H and O–H groups in total. The Morgan fingerprint density at radius 1 is 1.04 bits per heavy atom. The zero-order valence-electron chi connectivity index (χ0n) is 14.1. The summed E-state index contributed by atoms with van der Waals surface area (Å²) >= 11 is 17.7. The second kappa shape index (κ2) is 11.8. The van der Waals surface area contributed by atoms with E-state index in [0.29, 0.717) is 6.42 Å². The van der Waals surface area contributed by atoms with E-state index in [4.69, 9.17) is 34.8 Å². The molecule has 2 nitrogen and oxygen atoms in total. The first-order valence-electron chi connectivity index (χ1n) is 8.34. The molecule has 1 aromatic rings. The summed E-state index contributed by atoms with van der Waals surface area (Å²) in [7, 11) is 1.29. The van der Waals surface area contributed by atoms with Crippen LogP contribution in [0.5, 0.6) is 0 Å². The van der Waals surface area contributed by atoms with Crippen molar-refractivity contribution in [2.24, 2.45) is 0 Å². The van der Waals surface area contributed by atoms with Gasteiger partial charge < -0.3 is 4.74 Å². The van der Waals surface area contributed by atoms with Crippen LogP contribution in [0.2, 0.25) is 5.02 Å². The molecule has 0 aliphatic rings. The van der Waals surface area contributed by atoms with Gasteiger partial charge in [-0.3, -0.25) is 0 Å². The van der Waals surface area contributed by atoms with Crippen LogP contribution >= 0.6 is 34.8 Å². The average molecular weight is 392 g/mol. The van der Waals surface area contributed by atoms with Gasteiger partial charge in [0.05, 0.1) is 7.11 Å². The Kier molecular flexibility index (Phi) is 10.5. The smallest absolute Gasteiger partial charge is 0.342 e. The highest BCUT2D eigenvalue weighted by atomic mass is 35.5. The fourth-order valence-corrected chi connectivity index (χ4v) is 2.91. The highest BCUT2D eigenvalue weighted by Crippen LogP contribution is 2.29. The fraction of sp³-hybridized carbons (Fsp3) is 0.526. The molecule has 1 aromatic carbocycles. The maximum atomic E-state index is 11.3. The van der Waals surface area contributed by atoms with E-state index in [1.54, 1.807) is 0 Å². The second-order valence-corrected chi connectivity index (χ2v) is 7.73. The molecule has 0 aliphatic carbocycles. The van der Waals surface area contributed by atoms with Crippen LogP contribution in [0.4, 0.5) is 0 Å². The Balaban J connectivity index is 2.01. The zero-order valence-corrected chi connectivity index (χ0v) is 16.3. The molecule has 134 valence electrons. The van der Waals surface area contributed by atoms with E-state index in [0.717, 1.165) is 30.7 Å². The monoisotopic (exact) mass is 390 g/mol. The Hall–Kier alpha value is -0.700. The number of unbranched alkanes of at least 4 members (excludes halogenated alkanes) is 6. The molecule has 1 rings (SSSR count). The van der Waals surface area contributed by atoms with Gasteiger partial charge in [0.25, 0.3) is 0 Å². The average Bonchev–Trinajstić information content (AvgIpc) is 2.57. The number of carbonyl (C=O) groups excluding carboxylic acids is 1. The number of ether oxygens (including phenoxy) is 1. The maximum absolute atomic E-state index is 11.3. The van der Waals surface area contributed by atoms with Crippen LogP contribution < -0.4 is 0 Å². The van der Waals surface area contributed by atoms with Crippen molar-refractivity contribution in [2.45, 2.75) is 55.7 Å². The van der Waals surface area contributed by atoms with Crippen molar-refractivity contribution in [3.63, 3.8) is 0 Å². The van der Waals surface area contributed by atoms with Crippen LogP contribution in [0.1, 0.15) is 56.9 Å². The predicted octanol–water partition coefficient (Wildman–Crippen LogP) is 6.82. The lowest BCUT2D eigenvalue weighted by Crippen LogP contribution is -2.27. The molecule has 0 saturated heterocycles. The number of halogens is 3. The molecule has 0 heterocycles. The molecule has 0 spiro atoms. The van der Waals surface area contributed by atoms with Gasteiger partial charge in [-0.15, -0.1) is 0 Å². The first-order chi connectivity index (χ1) is 11.5. The second-order valence-electron chi connectivity index (χ2n) is 5.81. The molecule has 0 unspecified atom stereocenters. The molecule has 5 heteroatoms. The zero-order chi connectivity index (χ0) is 17.8. The Bertz CT molecular complexity index is 510. The van der Waals surface area contributed by atoms with Crippen LogP contribution in [0.3, 0.4) is 0 Å². The van der Waals surface area contributed by atoms with E-state index >= 15 is 0 Å². The summed E-state index contributed by atoms with van der Waals surface area (Å²) < 4.78 is 3.17. The maximum Gasteiger partial charge on any atom is 0.342 e. The van der Waals surface area contributed by atoms with E-state index in [1.165, 1.54) is 31.9 Å². The highest BCUT2D eigenvalue weighted by molar-refractivity contribution is 6.57. The minimum absolute atomic E-state index is 0.437. The van der Waals surface area contributed by atoms with Crippen molar-refractivity contribution < 1.29 is 9.53 Å².